The Balaban J connectivity index is 1.89. The van der Waals surface area contributed by atoms with E-state index in [0.29, 0.717) is 36.9 Å². The van der Waals surface area contributed by atoms with Gasteiger partial charge in [0, 0.05) is 36.0 Å². The van der Waals surface area contributed by atoms with Crippen molar-refractivity contribution in [2.45, 2.75) is 52.6 Å². The molecule has 1 aliphatic heterocycles. The summed E-state index contributed by atoms with van der Waals surface area (Å²) in [5, 5.41) is 14.3. The van der Waals surface area contributed by atoms with E-state index in [4.69, 9.17) is 0 Å². The van der Waals surface area contributed by atoms with E-state index in [-0.39, 0.29) is 23.7 Å². The van der Waals surface area contributed by atoms with Gasteiger partial charge in [0.15, 0.2) is 5.65 Å². The number of aromatic nitrogens is 3. The first-order chi connectivity index (χ1) is 15.8. The summed E-state index contributed by atoms with van der Waals surface area (Å²) in [5.74, 6) is -1.18. The zero-order valence-corrected chi connectivity index (χ0v) is 19.4. The van der Waals surface area contributed by atoms with Gasteiger partial charge in [-0.2, -0.15) is 22.8 Å². The molecule has 1 saturated heterocycles. The van der Waals surface area contributed by atoms with Crippen LogP contribution in [0, 0.1) is 18.2 Å². The molecule has 0 radical (unpaired) electrons. The quantitative estimate of drug-likeness (QED) is 0.489. The van der Waals surface area contributed by atoms with Gasteiger partial charge in [0.2, 0.25) is 0 Å². The summed E-state index contributed by atoms with van der Waals surface area (Å²) in [7, 11) is 0. The van der Waals surface area contributed by atoms with Crippen LogP contribution in [-0.4, -0.2) is 38.8 Å². The minimum atomic E-state index is -4.65. The molecule has 0 unspecified atom stereocenters. The zero-order valence-electron chi connectivity index (χ0n) is 19.4. The van der Waals surface area contributed by atoms with Crippen LogP contribution < -0.4 is 4.90 Å². The topological polar surface area (TPSA) is 70.7 Å². The van der Waals surface area contributed by atoms with Crippen LogP contribution in [0.4, 0.5) is 23.4 Å². The number of piperidine rings is 1. The van der Waals surface area contributed by atoms with Gasteiger partial charge in [-0.05, 0) is 50.8 Å². The van der Waals surface area contributed by atoms with Crippen LogP contribution in [0.25, 0.3) is 16.9 Å². The summed E-state index contributed by atoms with van der Waals surface area (Å²) in [5.41, 5.74) is 0.111. The average Bonchev–Trinajstić information content (AvgIpc) is 3.14. The lowest BCUT2D eigenvalue weighted by Gasteiger charge is -2.40. The number of hydrogen-bond donors (Lipinski definition) is 1. The van der Waals surface area contributed by atoms with Gasteiger partial charge in [-0.1, -0.05) is 13.8 Å². The number of hydrogen-bond acceptors (Lipinski definition) is 4. The molecule has 0 saturated carbocycles. The number of aliphatic carboxylic acids is 1. The molecular weight excluding hydrogens is 452 g/mol. The predicted molar refractivity (Wildman–Crippen MR) is 119 cm³/mol. The van der Waals surface area contributed by atoms with Crippen LogP contribution in [0.1, 0.15) is 56.4 Å². The second kappa shape index (κ2) is 8.25. The number of alkyl halides is 3. The summed E-state index contributed by atoms with van der Waals surface area (Å²) < 4.78 is 55.1. The van der Waals surface area contributed by atoms with E-state index in [9.17, 15) is 27.5 Å². The van der Waals surface area contributed by atoms with Gasteiger partial charge in [0.05, 0.1) is 16.7 Å². The first kappa shape index (κ1) is 24.0. The second-order valence-electron chi connectivity index (χ2n) is 9.47. The smallest absolute Gasteiger partial charge is 0.416 e. The van der Waals surface area contributed by atoms with Crippen LogP contribution in [0.3, 0.4) is 0 Å². The highest BCUT2D eigenvalue weighted by atomic mass is 19.4. The van der Waals surface area contributed by atoms with E-state index in [0.717, 1.165) is 23.4 Å². The summed E-state index contributed by atoms with van der Waals surface area (Å²) in [6.07, 6.45) is -3.43. The molecule has 6 nitrogen and oxygen atoms in total. The Kier molecular flexibility index (Phi) is 5.81. The molecule has 34 heavy (non-hydrogen) atoms. The Morgan fingerprint density at radius 3 is 2.53 bits per heavy atom. The number of carbonyl (C=O) groups is 1. The third kappa shape index (κ3) is 4.10. The highest BCUT2D eigenvalue weighted by Gasteiger charge is 2.39. The van der Waals surface area contributed by atoms with Crippen molar-refractivity contribution in [2.75, 3.05) is 18.0 Å². The van der Waals surface area contributed by atoms with Crippen molar-refractivity contribution in [1.29, 1.82) is 0 Å². The van der Waals surface area contributed by atoms with Crippen LogP contribution in [0.2, 0.25) is 0 Å². The predicted octanol–water partition coefficient (Wildman–Crippen LogP) is 5.68. The first-order valence-corrected chi connectivity index (χ1v) is 11.1. The third-order valence-electron chi connectivity index (χ3n) is 6.47. The first-order valence-electron chi connectivity index (χ1n) is 11.1. The van der Waals surface area contributed by atoms with Crippen LogP contribution in [-0.2, 0) is 11.0 Å². The Morgan fingerprint density at radius 2 is 1.94 bits per heavy atom. The number of carboxylic acids is 1. The van der Waals surface area contributed by atoms with Crippen LogP contribution >= 0.6 is 0 Å². The summed E-state index contributed by atoms with van der Waals surface area (Å²) in [6.45, 7) is 8.45. The van der Waals surface area contributed by atoms with Crippen molar-refractivity contribution in [1.82, 2.24) is 14.6 Å². The van der Waals surface area contributed by atoms with Crippen molar-refractivity contribution in [2.24, 2.45) is 5.41 Å². The molecule has 3 heterocycles. The molecule has 182 valence electrons. The molecule has 3 aromatic rings. The number of halogens is 4. The number of carboxylic acid groups (broad SMARTS) is 1. The molecule has 4 rings (SSSR count). The van der Waals surface area contributed by atoms with E-state index in [1.165, 1.54) is 6.07 Å². The molecule has 10 heteroatoms. The number of aryl methyl sites for hydroxylation is 1. The number of benzene rings is 1. The minimum absolute atomic E-state index is 0.0420. The van der Waals surface area contributed by atoms with E-state index in [1.807, 2.05) is 25.7 Å². The number of rotatable bonds is 4. The summed E-state index contributed by atoms with van der Waals surface area (Å²) in [4.78, 5) is 18.5. The SMILES string of the molecule is Cc1nc2cc(-c3ccc(C(F)(F)F)cc3F)nn2c(N2CCC[C@](C)(C(=O)O)C2)c1C(C)C. The molecule has 0 spiro atoms. The molecule has 2 aromatic heterocycles. The molecule has 1 aromatic carbocycles. The maximum Gasteiger partial charge on any atom is 0.416 e. The number of nitrogens with zero attached hydrogens (tertiary/aromatic N) is 4. The van der Waals surface area contributed by atoms with E-state index in [1.54, 1.807) is 11.4 Å². The summed E-state index contributed by atoms with van der Waals surface area (Å²) in [6, 6.07) is 3.89. The molecule has 1 atom stereocenters. The molecular formula is C24H26F4N4O2. The van der Waals surface area contributed by atoms with E-state index >= 15 is 0 Å². The largest absolute Gasteiger partial charge is 0.481 e. The third-order valence-corrected chi connectivity index (χ3v) is 6.47. The maximum absolute atomic E-state index is 14.7. The van der Waals surface area contributed by atoms with Crippen molar-refractivity contribution in [3.63, 3.8) is 0 Å². The van der Waals surface area contributed by atoms with Crippen molar-refractivity contribution >= 4 is 17.4 Å². The van der Waals surface area contributed by atoms with Gasteiger partial charge >= 0.3 is 12.1 Å². The molecule has 0 amide bonds. The minimum Gasteiger partial charge on any atom is -0.481 e. The maximum atomic E-state index is 14.7. The van der Waals surface area contributed by atoms with E-state index < -0.39 is 28.9 Å². The lowest BCUT2D eigenvalue weighted by molar-refractivity contribution is -0.148. The molecule has 1 N–H and O–H groups in total. The zero-order chi connectivity index (χ0) is 25.0. The van der Waals surface area contributed by atoms with Crippen LogP contribution in [0.5, 0.6) is 0 Å². The van der Waals surface area contributed by atoms with Gasteiger partial charge in [0.25, 0.3) is 0 Å². The fourth-order valence-electron chi connectivity index (χ4n) is 4.72. The molecule has 0 aliphatic carbocycles. The van der Waals surface area contributed by atoms with Gasteiger partial charge < -0.3 is 10.0 Å². The fourth-order valence-corrected chi connectivity index (χ4v) is 4.72. The van der Waals surface area contributed by atoms with Crippen molar-refractivity contribution < 1.29 is 27.5 Å². The van der Waals surface area contributed by atoms with E-state index in [2.05, 4.69) is 10.1 Å². The molecule has 0 bridgehead atoms. The second-order valence-corrected chi connectivity index (χ2v) is 9.47. The Hall–Kier alpha value is -3.17. The molecule has 1 fully saturated rings. The lowest BCUT2D eigenvalue weighted by Crippen LogP contribution is -2.47. The summed E-state index contributed by atoms with van der Waals surface area (Å²) >= 11 is 0. The Morgan fingerprint density at radius 1 is 1.24 bits per heavy atom. The number of fused-ring (bicyclic) bond motifs is 1. The number of anilines is 1. The van der Waals surface area contributed by atoms with Gasteiger partial charge in [-0.15, -0.1) is 0 Å². The van der Waals surface area contributed by atoms with Crippen molar-refractivity contribution in [3.8, 4) is 11.3 Å². The standard InChI is InChI=1S/C24H26F4N4O2/c1-13(2)20-14(3)29-19-11-18(16-7-6-15(10-17(16)25)24(26,27)28)30-32(19)21(20)31-9-5-8-23(4,12-31)22(33)34/h6-7,10-11,13H,5,8-9,12H2,1-4H3,(H,33,34)/t23-/m0/s1. The van der Waals surface area contributed by atoms with Gasteiger partial charge in [-0.3, -0.25) is 4.79 Å². The van der Waals surface area contributed by atoms with Gasteiger partial charge in [0.1, 0.15) is 11.6 Å². The fraction of sp³-hybridized carbons (Fsp3) is 0.458. The highest BCUT2D eigenvalue weighted by molar-refractivity contribution is 5.76. The average molecular weight is 478 g/mol. The Bertz CT molecular complexity index is 1270. The lowest BCUT2D eigenvalue weighted by atomic mass is 9.81. The van der Waals surface area contributed by atoms with Crippen LogP contribution in [0.15, 0.2) is 24.3 Å². The molecule has 1 aliphatic rings. The monoisotopic (exact) mass is 478 g/mol. The van der Waals surface area contributed by atoms with Crippen molar-refractivity contribution in [3.05, 3.63) is 46.9 Å². The normalized spacial score (nSPS) is 19.3. The highest BCUT2D eigenvalue weighted by Crippen LogP contribution is 2.38. The Labute approximate surface area is 194 Å². The van der Waals surface area contributed by atoms with Gasteiger partial charge in [-0.25, -0.2) is 9.37 Å².